The molecule has 0 unspecified atom stereocenters. The second-order valence-electron chi connectivity index (χ2n) is 5.18. The van der Waals surface area contributed by atoms with Gasteiger partial charge in [0, 0.05) is 19.5 Å². The molecule has 0 amide bonds. The SMILES string of the molecule is Cc1c(CCl)cccc1S(=O)(=O)N(C)CCC(C)C. The number of nitrogens with zero attached hydrogens (tertiary/aromatic N) is 1. The van der Waals surface area contributed by atoms with Gasteiger partial charge in [0.2, 0.25) is 10.0 Å². The third-order valence-corrected chi connectivity index (χ3v) is 5.54. The van der Waals surface area contributed by atoms with E-state index in [0.717, 1.165) is 17.5 Å². The summed E-state index contributed by atoms with van der Waals surface area (Å²) in [5.41, 5.74) is 1.61. The van der Waals surface area contributed by atoms with Crippen molar-refractivity contribution in [2.75, 3.05) is 13.6 Å². The minimum absolute atomic E-state index is 0.324. The van der Waals surface area contributed by atoms with Gasteiger partial charge in [-0.3, -0.25) is 0 Å². The van der Waals surface area contributed by atoms with E-state index < -0.39 is 10.0 Å². The van der Waals surface area contributed by atoms with Gasteiger partial charge in [-0.1, -0.05) is 26.0 Å². The van der Waals surface area contributed by atoms with E-state index in [1.807, 2.05) is 6.07 Å². The summed E-state index contributed by atoms with van der Waals surface area (Å²) in [6, 6.07) is 5.25. The molecular formula is C14H22ClNO2S. The standard InChI is InChI=1S/C14H22ClNO2S/c1-11(2)8-9-16(4)19(17,18)14-7-5-6-13(10-15)12(14)3/h5-7,11H,8-10H2,1-4H3. The van der Waals surface area contributed by atoms with Gasteiger partial charge >= 0.3 is 0 Å². The molecule has 19 heavy (non-hydrogen) atoms. The van der Waals surface area contributed by atoms with Crippen LogP contribution in [0.2, 0.25) is 0 Å². The number of benzene rings is 1. The van der Waals surface area contributed by atoms with E-state index in [4.69, 9.17) is 11.6 Å². The Kier molecular flexibility index (Phi) is 5.83. The number of hydrogen-bond acceptors (Lipinski definition) is 2. The normalized spacial score (nSPS) is 12.4. The van der Waals surface area contributed by atoms with Crippen molar-refractivity contribution in [1.82, 2.24) is 4.31 Å². The molecule has 0 aliphatic carbocycles. The summed E-state index contributed by atoms with van der Waals surface area (Å²) in [6.45, 7) is 6.51. The fourth-order valence-corrected chi connectivity index (χ4v) is 3.55. The molecule has 3 nitrogen and oxygen atoms in total. The molecule has 0 aliphatic rings. The van der Waals surface area contributed by atoms with E-state index in [9.17, 15) is 8.42 Å². The first-order valence-electron chi connectivity index (χ1n) is 6.41. The number of hydrogen-bond donors (Lipinski definition) is 0. The molecule has 0 spiro atoms. The van der Waals surface area contributed by atoms with Crippen LogP contribution in [0.3, 0.4) is 0 Å². The van der Waals surface area contributed by atoms with Gasteiger partial charge < -0.3 is 0 Å². The molecule has 5 heteroatoms. The van der Waals surface area contributed by atoms with Gasteiger partial charge in [-0.2, -0.15) is 0 Å². The quantitative estimate of drug-likeness (QED) is 0.755. The predicted octanol–water partition coefficient (Wildman–Crippen LogP) is 3.40. The second kappa shape index (κ2) is 6.73. The van der Waals surface area contributed by atoms with Crippen LogP contribution in [0, 0.1) is 12.8 Å². The topological polar surface area (TPSA) is 37.4 Å². The van der Waals surface area contributed by atoms with Crippen LogP contribution >= 0.6 is 11.6 Å². The summed E-state index contributed by atoms with van der Waals surface area (Å²) >= 11 is 5.83. The summed E-state index contributed by atoms with van der Waals surface area (Å²) in [4.78, 5) is 0.358. The van der Waals surface area contributed by atoms with Crippen LogP contribution in [0.15, 0.2) is 23.1 Å². The zero-order valence-corrected chi connectivity index (χ0v) is 13.6. The molecular weight excluding hydrogens is 282 g/mol. The lowest BCUT2D eigenvalue weighted by molar-refractivity contribution is 0.428. The fourth-order valence-electron chi connectivity index (χ4n) is 1.81. The number of rotatable bonds is 6. The maximum absolute atomic E-state index is 12.5. The highest BCUT2D eigenvalue weighted by atomic mass is 35.5. The highest BCUT2D eigenvalue weighted by Gasteiger charge is 2.23. The highest BCUT2D eigenvalue weighted by Crippen LogP contribution is 2.23. The van der Waals surface area contributed by atoms with E-state index >= 15 is 0 Å². The first-order valence-corrected chi connectivity index (χ1v) is 8.39. The average molecular weight is 304 g/mol. The Morgan fingerprint density at radius 1 is 1.32 bits per heavy atom. The van der Waals surface area contributed by atoms with Crippen LogP contribution in [0.25, 0.3) is 0 Å². The molecule has 0 fully saturated rings. The van der Waals surface area contributed by atoms with E-state index in [1.165, 1.54) is 4.31 Å². The van der Waals surface area contributed by atoms with Crippen LogP contribution in [-0.2, 0) is 15.9 Å². The summed E-state index contributed by atoms with van der Waals surface area (Å²) in [7, 11) is -1.79. The minimum Gasteiger partial charge on any atom is -0.207 e. The maximum atomic E-state index is 12.5. The summed E-state index contributed by atoms with van der Waals surface area (Å²) in [6.07, 6.45) is 0.851. The van der Waals surface area contributed by atoms with E-state index in [1.54, 1.807) is 26.1 Å². The molecule has 0 aliphatic heterocycles. The fraction of sp³-hybridized carbons (Fsp3) is 0.571. The molecule has 1 aromatic rings. The monoisotopic (exact) mass is 303 g/mol. The van der Waals surface area contributed by atoms with Crippen LogP contribution in [0.5, 0.6) is 0 Å². The predicted molar refractivity (Wildman–Crippen MR) is 80.0 cm³/mol. The molecule has 0 N–H and O–H groups in total. The van der Waals surface area contributed by atoms with Gasteiger partial charge in [-0.25, -0.2) is 12.7 Å². The molecule has 0 saturated heterocycles. The van der Waals surface area contributed by atoms with Crippen molar-refractivity contribution < 1.29 is 8.42 Å². The van der Waals surface area contributed by atoms with Gasteiger partial charge in [0.05, 0.1) is 4.90 Å². The van der Waals surface area contributed by atoms with Crippen molar-refractivity contribution in [3.63, 3.8) is 0 Å². The molecule has 0 atom stereocenters. The Hall–Kier alpha value is -0.580. The lowest BCUT2D eigenvalue weighted by Crippen LogP contribution is -2.29. The Morgan fingerprint density at radius 3 is 2.47 bits per heavy atom. The first kappa shape index (κ1) is 16.5. The molecule has 0 saturated carbocycles. The Morgan fingerprint density at radius 2 is 1.95 bits per heavy atom. The van der Waals surface area contributed by atoms with Crippen LogP contribution in [0.1, 0.15) is 31.4 Å². The third-order valence-electron chi connectivity index (χ3n) is 3.25. The molecule has 0 bridgehead atoms. The zero-order chi connectivity index (χ0) is 14.6. The van der Waals surface area contributed by atoms with Crippen molar-refractivity contribution in [1.29, 1.82) is 0 Å². The van der Waals surface area contributed by atoms with Gasteiger partial charge in [-0.05, 0) is 36.5 Å². The Labute approximate surface area is 121 Å². The number of halogens is 1. The molecule has 0 radical (unpaired) electrons. The molecule has 1 aromatic carbocycles. The van der Waals surface area contributed by atoms with Crippen molar-refractivity contribution in [2.24, 2.45) is 5.92 Å². The van der Waals surface area contributed by atoms with Crippen molar-refractivity contribution >= 4 is 21.6 Å². The van der Waals surface area contributed by atoms with Crippen molar-refractivity contribution in [2.45, 2.75) is 38.0 Å². The van der Waals surface area contributed by atoms with Gasteiger partial charge in [0.25, 0.3) is 0 Å². The largest absolute Gasteiger partial charge is 0.243 e. The Bertz CT molecular complexity index is 526. The summed E-state index contributed by atoms with van der Waals surface area (Å²) < 4.78 is 26.5. The highest BCUT2D eigenvalue weighted by molar-refractivity contribution is 7.89. The first-order chi connectivity index (χ1) is 8.80. The van der Waals surface area contributed by atoms with E-state index in [2.05, 4.69) is 13.8 Å². The average Bonchev–Trinajstić information content (AvgIpc) is 2.35. The van der Waals surface area contributed by atoms with E-state index in [-0.39, 0.29) is 0 Å². The van der Waals surface area contributed by atoms with Crippen molar-refractivity contribution in [3.05, 3.63) is 29.3 Å². The number of sulfonamides is 1. The second-order valence-corrected chi connectivity index (χ2v) is 7.46. The van der Waals surface area contributed by atoms with Crippen LogP contribution in [0.4, 0.5) is 0 Å². The minimum atomic E-state index is -3.42. The molecule has 0 aromatic heterocycles. The van der Waals surface area contributed by atoms with E-state index in [0.29, 0.717) is 23.2 Å². The Balaban J connectivity index is 3.06. The van der Waals surface area contributed by atoms with Crippen LogP contribution in [-0.4, -0.2) is 26.3 Å². The van der Waals surface area contributed by atoms with Gasteiger partial charge in [0.1, 0.15) is 0 Å². The smallest absolute Gasteiger partial charge is 0.207 e. The molecule has 0 heterocycles. The van der Waals surface area contributed by atoms with Gasteiger partial charge in [0.15, 0.2) is 0 Å². The van der Waals surface area contributed by atoms with Crippen LogP contribution < -0.4 is 0 Å². The van der Waals surface area contributed by atoms with Crippen molar-refractivity contribution in [3.8, 4) is 0 Å². The molecule has 108 valence electrons. The summed E-state index contributed by atoms with van der Waals surface area (Å²) in [5.74, 6) is 0.804. The number of alkyl halides is 1. The zero-order valence-electron chi connectivity index (χ0n) is 12.0. The maximum Gasteiger partial charge on any atom is 0.243 e. The third kappa shape index (κ3) is 3.94. The van der Waals surface area contributed by atoms with Gasteiger partial charge in [-0.15, -0.1) is 11.6 Å². The lowest BCUT2D eigenvalue weighted by atomic mass is 10.1. The molecule has 1 rings (SSSR count). The summed E-state index contributed by atoms with van der Waals surface area (Å²) in [5, 5.41) is 0. The lowest BCUT2D eigenvalue weighted by Gasteiger charge is -2.20.